The number of carbonyl (C=O) groups excluding carboxylic acids is 1. The van der Waals surface area contributed by atoms with Crippen LogP contribution < -0.4 is 4.90 Å². The number of nitro groups is 1. The third kappa shape index (κ3) is 2.44. The number of halogens is 2. The van der Waals surface area contributed by atoms with Crippen LogP contribution in [0.5, 0.6) is 0 Å². The van der Waals surface area contributed by atoms with Gasteiger partial charge in [-0.1, -0.05) is 0 Å². The maximum atomic E-state index is 13.2. The Kier molecular flexibility index (Phi) is 2.98. The normalized spacial score (nSPS) is 18.8. The second-order valence-electron chi connectivity index (χ2n) is 4.11. The van der Waals surface area contributed by atoms with Gasteiger partial charge in [-0.25, -0.2) is 8.78 Å². The zero-order valence-electron chi connectivity index (χ0n) is 9.31. The summed E-state index contributed by atoms with van der Waals surface area (Å²) in [5.74, 6) is -3.30. The molecule has 1 aromatic rings. The zero-order chi connectivity index (χ0) is 13.3. The van der Waals surface area contributed by atoms with Crippen LogP contribution in [0.15, 0.2) is 24.3 Å². The highest BCUT2D eigenvalue weighted by Crippen LogP contribution is 2.31. The second kappa shape index (κ2) is 4.32. The highest BCUT2D eigenvalue weighted by atomic mass is 19.3. The molecule has 1 aliphatic rings. The lowest BCUT2D eigenvalue weighted by atomic mass is 10.1. The number of hydrogen-bond acceptors (Lipinski definition) is 3. The summed E-state index contributed by atoms with van der Waals surface area (Å²) in [5, 5.41) is 10.5. The van der Waals surface area contributed by atoms with Crippen molar-refractivity contribution in [2.75, 3.05) is 11.4 Å². The standard InChI is InChI=1S/C11H10F2N2O3/c12-11(13)6-5-10(16)14(7-11)8-1-3-9(4-2-8)15(17)18/h1-4H,5-7H2. The van der Waals surface area contributed by atoms with Crippen LogP contribution in [0.25, 0.3) is 0 Å². The van der Waals surface area contributed by atoms with Gasteiger partial charge in [-0.2, -0.15) is 0 Å². The van der Waals surface area contributed by atoms with E-state index in [1.807, 2.05) is 0 Å². The molecule has 7 heteroatoms. The number of rotatable bonds is 2. The third-order valence-electron chi connectivity index (χ3n) is 2.77. The van der Waals surface area contributed by atoms with Crippen molar-refractivity contribution in [1.29, 1.82) is 0 Å². The molecular weight excluding hydrogens is 246 g/mol. The lowest BCUT2D eigenvalue weighted by Gasteiger charge is -2.32. The molecule has 1 heterocycles. The first-order chi connectivity index (χ1) is 8.39. The van der Waals surface area contributed by atoms with Crippen molar-refractivity contribution in [1.82, 2.24) is 0 Å². The summed E-state index contributed by atoms with van der Waals surface area (Å²) in [6, 6.07) is 4.99. The fourth-order valence-electron chi connectivity index (χ4n) is 1.81. The largest absolute Gasteiger partial charge is 0.306 e. The Labute approximate surface area is 101 Å². The molecule has 1 amide bonds. The maximum Gasteiger partial charge on any atom is 0.269 e. The number of benzene rings is 1. The Morgan fingerprint density at radius 1 is 1.28 bits per heavy atom. The van der Waals surface area contributed by atoms with E-state index in [4.69, 9.17) is 0 Å². The summed E-state index contributed by atoms with van der Waals surface area (Å²) >= 11 is 0. The van der Waals surface area contributed by atoms with E-state index in [2.05, 4.69) is 0 Å². The monoisotopic (exact) mass is 256 g/mol. The van der Waals surface area contributed by atoms with E-state index < -0.39 is 29.7 Å². The van der Waals surface area contributed by atoms with E-state index in [9.17, 15) is 23.7 Å². The minimum Gasteiger partial charge on any atom is -0.306 e. The van der Waals surface area contributed by atoms with Gasteiger partial charge in [-0.05, 0) is 12.1 Å². The quantitative estimate of drug-likeness (QED) is 0.602. The van der Waals surface area contributed by atoms with Crippen LogP contribution in [0.4, 0.5) is 20.2 Å². The number of hydrogen-bond donors (Lipinski definition) is 0. The van der Waals surface area contributed by atoms with Crippen LogP contribution in [0.3, 0.4) is 0 Å². The molecular formula is C11H10F2N2O3. The lowest BCUT2D eigenvalue weighted by Crippen LogP contribution is -2.46. The van der Waals surface area contributed by atoms with Crippen LogP contribution in [-0.2, 0) is 4.79 Å². The predicted octanol–water partition coefficient (Wildman–Crippen LogP) is 2.36. The molecule has 1 saturated heterocycles. The average Bonchev–Trinajstić information content (AvgIpc) is 2.32. The number of nitrogens with zero attached hydrogens (tertiary/aromatic N) is 2. The number of carbonyl (C=O) groups is 1. The molecule has 2 rings (SSSR count). The topological polar surface area (TPSA) is 63.5 Å². The van der Waals surface area contributed by atoms with E-state index in [1.54, 1.807) is 0 Å². The number of non-ortho nitro benzene ring substituents is 1. The van der Waals surface area contributed by atoms with Gasteiger partial charge in [0, 0.05) is 30.7 Å². The van der Waals surface area contributed by atoms with Crippen LogP contribution in [0.1, 0.15) is 12.8 Å². The predicted molar refractivity (Wildman–Crippen MR) is 59.6 cm³/mol. The van der Waals surface area contributed by atoms with Crippen molar-refractivity contribution in [3.63, 3.8) is 0 Å². The van der Waals surface area contributed by atoms with Crippen LogP contribution in [-0.4, -0.2) is 23.3 Å². The van der Waals surface area contributed by atoms with Gasteiger partial charge in [0.25, 0.3) is 11.6 Å². The van der Waals surface area contributed by atoms with Gasteiger partial charge in [0.05, 0.1) is 11.5 Å². The Hall–Kier alpha value is -2.05. The molecule has 0 saturated carbocycles. The SMILES string of the molecule is O=C1CCC(F)(F)CN1c1ccc([N+](=O)[O-])cc1. The number of alkyl halides is 2. The third-order valence-corrected chi connectivity index (χ3v) is 2.77. The van der Waals surface area contributed by atoms with Gasteiger partial charge in [-0.3, -0.25) is 14.9 Å². The van der Waals surface area contributed by atoms with Crippen molar-refractivity contribution in [3.05, 3.63) is 34.4 Å². The van der Waals surface area contributed by atoms with E-state index in [0.717, 1.165) is 4.90 Å². The Morgan fingerprint density at radius 2 is 1.89 bits per heavy atom. The first kappa shape index (κ1) is 12.4. The molecule has 5 nitrogen and oxygen atoms in total. The maximum absolute atomic E-state index is 13.2. The fraction of sp³-hybridized carbons (Fsp3) is 0.364. The fourth-order valence-corrected chi connectivity index (χ4v) is 1.81. The number of amides is 1. The van der Waals surface area contributed by atoms with E-state index >= 15 is 0 Å². The van der Waals surface area contributed by atoms with Gasteiger partial charge in [-0.15, -0.1) is 0 Å². The molecule has 96 valence electrons. The summed E-state index contributed by atoms with van der Waals surface area (Å²) in [4.78, 5) is 22.4. The smallest absolute Gasteiger partial charge is 0.269 e. The lowest BCUT2D eigenvalue weighted by molar-refractivity contribution is -0.384. The molecule has 0 aromatic heterocycles. The zero-order valence-corrected chi connectivity index (χ0v) is 9.31. The van der Waals surface area contributed by atoms with Crippen LogP contribution >= 0.6 is 0 Å². The summed E-state index contributed by atoms with van der Waals surface area (Å²) in [6.07, 6.45) is -0.667. The molecule has 0 spiro atoms. The molecule has 1 fully saturated rings. The minimum absolute atomic E-state index is 0.144. The van der Waals surface area contributed by atoms with Crippen molar-refractivity contribution < 1.29 is 18.5 Å². The van der Waals surface area contributed by atoms with Gasteiger partial charge in [0.2, 0.25) is 5.91 Å². The molecule has 18 heavy (non-hydrogen) atoms. The van der Waals surface area contributed by atoms with Gasteiger partial charge < -0.3 is 4.90 Å². The summed E-state index contributed by atoms with van der Waals surface area (Å²) in [6.45, 7) is -0.677. The first-order valence-corrected chi connectivity index (χ1v) is 5.32. The van der Waals surface area contributed by atoms with E-state index in [-0.39, 0.29) is 17.8 Å². The molecule has 1 aliphatic heterocycles. The summed E-state index contributed by atoms with van der Waals surface area (Å²) in [7, 11) is 0. The number of piperidine rings is 1. The minimum atomic E-state index is -2.91. The van der Waals surface area contributed by atoms with E-state index in [0.29, 0.717) is 0 Å². The average molecular weight is 256 g/mol. The molecule has 0 aliphatic carbocycles. The van der Waals surface area contributed by atoms with Crippen molar-refractivity contribution >= 4 is 17.3 Å². The number of nitro benzene ring substituents is 1. The van der Waals surface area contributed by atoms with Gasteiger partial charge >= 0.3 is 0 Å². The van der Waals surface area contributed by atoms with E-state index in [1.165, 1.54) is 24.3 Å². The van der Waals surface area contributed by atoms with Crippen LogP contribution in [0.2, 0.25) is 0 Å². The summed E-state index contributed by atoms with van der Waals surface area (Å²) in [5.41, 5.74) is 0.111. The molecule has 0 N–H and O–H groups in total. The second-order valence-corrected chi connectivity index (χ2v) is 4.11. The molecule has 0 bridgehead atoms. The van der Waals surface area contributed by atoms with Crippen molar-refractivity contribution in [3.8, 4) is 0 Å². The molecule has 1 aromatic carbocycles. The highest BCUT2D eigenvalue weighted by molar-refractivity contribution is 5.94. The van der Waals surface area contributed by atoms with Crippen molar-refractivity contribution in [2.45, 2.75) is 18.8 Å². The number of anilines is 1. The molecule has 0 radical (unpaired) electrons. The Balaban J connectivity index is 2.24. The molecule has 0 unspecified atom stereocenters. The summed E-state index contributed by atoms with van der Waals surface area (Å²) < 4.78 is 26.4. The Bertz CT molecular complexity index is 488. The van der Waals surface area contributed by atoms with Gasteiger partial charge in [0.15, 0.2) is 0 Å². The van der Waals surface area contributed by atoms with Gasteiger partial charge in [0.1, 0.15) is 0 Å². The first-order valence-electron chi connectivity index (χ1n) is 5.32. The van der Waals surface area contributed by atoms with Crippen LogP contribution in [0, 0.1) is 10.1 Å². The Morgan fingerprint density at radius 3 is 2.44 bits per heavy atom. The van der Waals surface area contributed by atoms with Crippen molar-refractivity contribution in [2.24, 2.45) is 0 Å². The molecule has 0 atom stereocenters. The highest BCUT2D eigenvalue weighted by Gasteiger charge is 2.39.